The second-order valence-electron chi connectivity index (χ2n) is 6.84. The fourth-order valence-corrected chi connectivity index (χ4v) is 0.883. The first kappa shape index (κ1) is 18.3. The maximum atomic E-state index is 8.67. The molecule has 0 radical (unpaired) electrons. The molecule has 0 aliphatic carbocycles. The van der Waals surface area contributed by atoms with Crippen LogP contribution in [-0.4, -0.2) is 23.4 Å². The van der Waals surface area contributed by atoms with Crippen LogP contribution in [0, 0.1) is 16.7 Å². The molecule has 0 aromatic rings. The van der Waals surface area contributed by atoms with E-state index in [-0.39, 0.29) is 5.41 Å². The van der Waals surface area contributed by atoms with Gasteiger partial charge in [0.25, 0.3) is 0 Å². The van der Waals surface area contributed by atoms with Crippen LogP contribution in [0.1, 0.15) is 61.3 Å². The normalized spacial score (nSPS) is 14.1. The van der Waals surface area contributed by atoms with Crippen molar-refractivity contribution < 1.29 is 10.2 Å². The van der Waals surface area contributed by atoms with Crippen LogP contribution in [0.5, 0.6) is 0 Å². The lowest BCUT2D eigenvalue weighted by molar-refractivity contribution is 0.146. The van der Waals surface area contributed by atoms with E-state index >= 15 is 0 Å². The molecule has 0 saturated heterocycles. The van der Waals surface area contributed by atoms with Crippen LogP contribution in [-0.2, 0) is 0 Å². The molecular formula is C14H32O2. The van der Waals surface area contributed by atoms with E-state index in [9.17, 15) is 0 Å². The van der Waals surface area contributed by atoms with Gasteiger partial charge in [-0.15, -0.1) is 0 Å². The molecule has 2 heteroatoms. The zero-order valence-electron chi connectivity index (χ0n) is 12.3. The maximum absolute atomic E-state index is 8.67. The van der Waals surface area contributed by atoms with E-state index in [0.717, 1.165) is 12.8 Å². The van der Waals surface area contributed by atoms with Gasteiger partial charge < -0.3 is 10.2 Å². The summed E-state index contributed by atoms with van der Waals surface area (Å²) >= 11 is 0. The predicted molar refractivity (Wildman–Crippen MR) is 71.5 cm³/mol. The Bertz CT molecular complexity index is 151. The second-order valence-corrected chi connectivity index (χ2v) is 6.84. The second kappa shape index (κ2) is 8.08. The van der Waals surface area contributed by atoms with Crippen LogP contribution in [0.15, 0.2) is 0 Å². The molecule has 0 spiro atoms. The Morgan fingerprint density at radius 2 is 1.38 bits per heavy atom. The zero-order chi connectivity index (χ0) is 13.4. The molecule has 0 bridgehead atoms. The molecule has 100 valence electrons. The Kier molecular flexibility index (Phi) is 9.23. The molecule has 0 amide bonds. The fraction of sp³-hybridized carbons (Fsp3) is 1.00. The zero-order valence-corrected chi connectivity index (χ0v) is 12.3. The molecule has 0 saturated carbocycles. The highest BCUT2D eigenvalue weighted by Gasteiger charge is 2.17. The molecule has 0 rings (SSSR count). The summed E-state index contributed by atoms with van der Waals surface area (Å²) in [7, 11) is 0. The Morgan fingerprint density at radius 1 is 0.938 bits per heavy atom. The van der Waals surface area contributed by atoms with Crippen LogP contribution in [0.4, 0.5) is 0 Å². The van der Waals surface area contributed by atoms with Crippen molar-refractivity contribution >= 4 is 0 Å². The van der Waals surface area contributed by atoms with Crippen molar-refractivity contribution in [3.63, 3.8) is 0 Å². The van der Waals surface area contributed by atoms with Crippen molar-refractivity contribution in [1.82, 2.24) is 0 Å². The number of aliphatic hydroxyl groups is 2. The first-order chi connectivity index (χ1) is 7.04. The number of hydrogen-bond donors (Lipinski definition) is 2. The van der Waals surface area contributed by atoms with Gasteiger partial charge in [-0.25, -0.2) is 0 Å². The average Bonchev–Trinajstić information content (AvgIpc) is 2.11. The third-order valence-electron chi connectivity index (χ3n) is 2.84. The van der Waals surface area contributed by atoms with Gasteiger partial charge in [-0.2, -0.15) is 0 Å². The van der Waals surface area contributed by atoms with Crippen molar-refractivity contribution in [2.75, 3.05) is 13.2 Å². The summed E-state index contributed by atoms with van der Waals surface area (Å²) in [6, 6.07) is 0. The first-order valence-electron chi connectivity index (χ1n) is 6.26. The molecule has 0 heterocycles. The third kappa shape index (κ3) is 13.9. The Hall–Kier alpha value is -0.0800. The third-order valence-corrected chi connectivity index (χ3v) is 2.84. The lowest BCUT2D eigenvalue weighted by Gasteiger charge is -2.24. The Labute approximate surface area is 102 Å². The van der Waals surface area contributed by atoms with E-state index in [2.05, 4.69) is 48.5 Å². The van der Waals surface area contributed by atoms with Gasteiger partial charge in [0.1, 0.15) is 0 Å². The minimum absolute atomic E-state index is 0.259. The highest BCUT2D eigenvalue weighted by Crippen LogP contribution is 2.24. The number of aliphatic hydroxyl groups excluding tert-OH is 2. The quantitative estimate of drug-likeness (QED) is 0.782. The van der Waals surface area contributed by atoms with Gasteiger partial charge in [0.15, 0.2) is 0 Å². The van der Waals surface area contributed by atoms with Gasteiger partial charge in [-0.3, -0.25) is 0 Å². The van der Waals surface area contributed by atoms with Crippen molar-refractivity contribution in [3.8, 4) is 0 Å². The summed E-state index contributed by atoms with van der Waals surface area (Å²) in [6.45, 7) is 15.6. The van der Waals surface area contributed by atoms with Gasteiger partial charge in [0.2, 0.25) is 0 Å². The molecule has 0 fully saturated rings. The van der Waals surface area contributed by atoms with E-state index in [4.69, 9.17) is 10.2 Å². The first-order valence-corrected chi connectivity index (χ1v) is 6.26. The van der Waals surface area contributed by atoms with Crippen LogP contribution in [0.2, 0.25) is 0 Å². The Morgan fingerprint density at radius 3 is 1.44 bits per heavy atom. The van der Waals surface area contributed by atoms with E-state index in [1.54, 1.807) is 0 Å². The van der Waals surface area contributed by atoms with Crippen molar-refractivity contribution in [2.45, 2.75) is 61.3 Å². The van der Waals surface area contributed by atoms with Crippen LogP contribution in [0.3, 0.4) is 0 Å². The van der Waals surface area contributed by atoms with E-state index in [1.807, 2.05) is 0 Å². The summed E-state index contributed by atoms with van der Waals surface area (Å²) in [5.74, 6) is 0.405. The monoisotopic (exact) mass is 232 g/mol. The van der Waals surface area contributed by atoms with Crippen LogP contribution in [0.25, 0.3) is 0 Å². The van der Waals surface area contributed by atoms with Gasteiger partial charge in [0.05, 0.1) is 0 Å². The number of hydrogen-bond acceptors (Lipinski definition) is 2. The van der Waals surface area contributed by atoms with Gasteiger partial charge in [0, 0.05) is 13.2 Å². The average molecular weight is 232 g/mol. The van der Waals surface area contributed by atoms with E-state index in [1.165, 1.54) is 0 Å². The van der Waals surface area contributed by atoms with E-state index < -0.39 is 0 Å². The van der Waals surface area contributed by atoms with Crippen LogP contribution < -0.4 is 0 Å². The largest absolute Gasteiger partial charge is 0.396 e. The summed E-state index contributed by atoms with van der Waals surface area (Å²) in [6.07, 6.45) is 2.05. The molecule has 0 aromatic carbocycles. The summed E-state index contributed by atoms with van der Waals surface area (Å²) < 4.78 is 0. The minimum atomic E-state index is 0.259. The van der Waals surface area contributed by atoms with Crippen LogP contribution >= 0.6 is 0 Å². The summed E-state index contributed by atoms with van der Waals surface area (Å²) in [4.78, 5) is 0. The molecular weight excluding hydrogens is 200 g/mol. The molecule has 2 N–H and O–H groups in total. The van der Waals surface area contributed by atoms with Crippen molar-refractivity contribution in [1.29, 1.82) is 0 Å². The lowest BCUT2D eigenvalue weighted by Crippen LogP contribution is -2.20. The molecule has 0 aliphatic heterocycles. The SMILES string of the molecule is CC(C)(C)CCCO.CC(CO)C(C)(C)C. The lowest BCUT2D eigenvalue weighted by atomic mass is 9.83. The van der Waals surface area contributed by atoms with Crippen molar-refractivity contribution in [2.24, 2.45) is 16.7 Å². The summed E-state index contributed by atoms with van der Waals surface area (Å²) in [5.41, 5.74) is 0.650. The van der Waals surface area contributed by atoms with Gasteiger partial charge in [-0.1, -0.05) is 48.5 Å². The molecule has 2 nitrogen and oxygen atoms in total. The molecule has 0 aromatic heterocycles. The fourth-order valence-electron chi connectivity index (χ4n) is 0.883. The standard InChI is InChI=1S/2C7H16O/c1-6(5-8)7(2,3)4;1-7(2,3)5-4-6-8/h6,8H,5H2,1-4H3;8H,4-6H2,1-3H3. The highest BCUT2D eigenvalue weighted by atomic mass is 16.3. The summed E-state index contributed by atoms with van der Waals surface area (Å²) in [5, 5.41) is 17.1. The van der Waals surface area contributed by atoms with Gasteiger partial charge in [-0.05, 0) is 29.6 Å². The Balaban J connectivity index is 0. The molecule has 1 atom stereocenters. The molecule has 0 aliphatic rings. The molecule has 16 heavy (non-hydrogen) atoms. The van der Waals surface area contributed by atoms with E-state index in [0.29, 0.717) is 24.5 Å². The smallest absolute Gasteiger partial charge is 0.0461 e. The maximum Gasteiger partial charge on any atom is 0.0461 e. The topological polar surface area (TPSA) is 40.5 Å². The van der Waals surface area contributed by atoms with Crippen molar-refractivity contribution in [3.05, 3.63) is 0 Å². The molecule has 1 unspecified atom stereocenters. The number of rotatable bonds is 3. The minimum Gasteiger partial charge on any atom is -0.396 e. The predicted octanol–water partition coefficient (Wildman–Crippen LogP) is 3.47. The van der Waals surface area contributed by atoms with Gasteiger partial charge >= 0.3 is 0 Å². The highest BCUT2D eigenvalue weighted by molar-refractivity contribution is 4.67.